The van der Waals surface area contributed by atoms with Crippen molar-refractivity contribution in [1.82, 2.24) is 0 Å². The SMILES string of the molecule is Cc1cc(F)ccc1NC(=O)C1CC(=O)Nc2cc(F)ccc21. The number of nitrogens with one attached hydrogen (secondary N) is 2. The molecule has 0 bridgehead atoms. The van der Waals surface area contributed by atoms with Gasteiger partial charge in [0.15, 0.2) is 0 Å². The number of hydrogen-bond acceptors (Lipinski definition) is 2. The van der Waals surface area contributed by atoms with Crippen LogP contribution in [0.2, 0.25) is 0 Å². The maximum absolute atomic E-state index is 13.3. The summed E-state index contributed by atoms with van der Waals surface area (Å²) in [5, 5.41) is 5.26. The van der Waals surface area contributed by atoms with Crippen LogP contribution in [0.4, 0.5) is 20.2 Å². The second-order valence-electron chi connectivity index (χ2n) is 5.48. The summed E-state index contributed by atoms with van der Waals surface area (Å²) in [7, 11) is 0. The molecule has 0 aliphatic carbocycles. The van der Waals surface area contributed by atoms with Crippen molar-refractivity contribution < 1.29 is 18.4 Å². The predicted octanol–water partition coefficient (Wildman–Crippen LogP) is 3.34. The van der Waals surface area contributed by atoms with Crippen LogP contribution in [0.3, 0.4) is 0 Å². The van der Waals surface area contributed by atoms with Gasteiger partial charge >= 0.3 is 0 Å². The largest absolute Gasteiger partial charge is 0.326 e. The summed E-state index contributed by atoms with van der Waals surface area (Å²) in [6, 6.07) is 7.96. The van der Waals surface area contributed by atoms with Crippen LogP contribution < -0.4 is 10.6 Å². The Hall–Kier alpha value is -2.76. The third-order valence-electron chi connectivity index (χ3n) is 3.82. The van der Waals surface area contributed by atoms with Gasteiger partial charge in [-0.05, 0) is 48.4 Å². The van der Waals surface area contributed by atoms with Crippen LogP contribution in [-0.4, -0.2) is 11.8 Å². The molecule has 3 rings (SSSR count). The maximum atomic E-state index is 13.3. The van der Waals surface area contributed by atoms with Gasteiger partial charge in [-0.3, -0.25) is 9.59 Å². The minimum absolute atomic E-state index is 0.0231. The average Bonchev–Trinajstić information content (AvgIpc) is 2.48. The number of fused-ring (bicyclic) bond motifs is 1. The predicted molar refractivity (Wildman–Crippen MR) is 82.2 cm³/mol. The molecule has 1 aliphatic heterocycles. The van der Waals surface area contributed by atoms with E-state index in [1.54, 1.807) is 6.92 Å². The Kier molecular flexibility index (Phi) is 3.82. The molecule has 2 N–H and O–H groups in total. The van der Waals surface area contributed by atoms with Gasteiger partial charge in [0.05, 0.1) is 5.92 Å². The van der Waals surface area contributed by atoms with E-state index in [0.29, 0.717) is 22.5 Å². The van der Waals surface area contributed by atoms with Crippen molar-refractivity contribution in [3.05, 3.63) is 59.2 Å². The summed E-state index contributed by atoms with van der Waals surface area (Å²) in [5.41, 5.74) is 1.92. The van der Waals surface area contributed by atoms with Crippen LogP contribution in [0.25, 0.3) is 0 Å². The van der Waals surface area contributed by atoms with Crippen LogP contribution in [0.5, 0.6) is 0 Å². The first-order valence-electron chi connectivity index (χ1n) is 7.10. The summed E-state index contributed by atoms with van der Waals surface area (Å²) in [6.45, 7) is 1.68. The number of halogens is 2. The summed E-state index contributed by atoms with van der Waals surface area (Å²) < 4.78 is 26.4. The highest BCUT2D eigenvalue weighted by molar-refractivity contribution is 6.05. The van der Waals surface area contributed by atoms with Gasteiger partial charge in [0.2, 0.25) is 11.8 Å². The fourth-order valence-electron chi connectivity index (χ4n) is 2.66. The second-order valence-corrected chi connectivity index (χ2v) is 5.48. The number of rotatable bonds is 2. The average molecular weight is 316 g/mol. The van der Waals surface area contributed by atoms with Gasteiger partial charge in [0.25, 0.3) is 0 Å². The van der Waals surface area contributed by atoms with Crippen LogP contribution >= 0.6 is 0 Å². The van der Waals surface area contributed by atoms with Crippen LogP contribution in [0.1, 0.15) is 23.5 Å². The molecule has 4 nitrogen and oxygen atoms in total. The topological polar surface area (TPSA) is 58.2 Å². The molecule has 2 aromatic carbocycles. The molecule has 0 saturated carbocycles. The van der Waals surface area contributed by atoms with E-state index in [-0.39, 0.29) is 18.2 Å². The number of benzene rings is 2. The van der Waals surface area contributed by atoms with Crippen molar-refractivity contribution in [1.29, 1.82) is 0 Å². The van der Waals surface area contributed by atoms with E-state index in [1.165, 1.54) is 36.4 Å². The molecule has 0 spiro atoms. The highest BCUT2D eigenvalue weighted by atomic mass is 19.1. The lowest BCUT2D eigenvalue weighted by atomic mass is 9.89. The summed E-state index contributed by atoms with van der Waals surface area (Å²) >= 11 is 0. The van der Waals surface area contributed by atoms with E-state index >= 15 is 0 Å². The van der Waals surface area contributed by atoms with E-state index < -0.39 is 17.6 Å². The Balaban J connectivity index is 1.89. The first-order valence-corrected chi connectivity index (χ1v) is 7.10. The number of carbonyl (C=O) groups excluding carboxylic acids is 2. The zero-order chi connectivity index (χ0) is 16.6. The van der Waals surface area contributed by atoms with Crippen molar-refractivity contribution >= 4 is 23.2 Å². The van der Waals surface area contributed by atoms with Crippen LogP contribution in [-0.2, 0) is 9.59 Å². The molecule has 2 aromatic rings. The number of aryl methyl sites for hydroxylation is 1. The molecular weight excluding hydrogens is 302 g/mol. The zero-order valence-corrected chi connectivity index (χ0v) is 12.3. The first kappa shape index (κ1) is 15.1. The zero-order valence-electron chi connectivity index (χ0n) is 12.3. The minimum Gasteiger partial charge on any atom is -0.326 e. The number of anilines is 2. The molecule has 0 saturated heterocycles. The van der Waals surface area contributed by atoms with E-state index in [2.05, 4.69) is 10.6 Å². The molecule has 1 atom stereocenters. The summed E-state index contributed by atoms with van der Waals surface area (Å²) in [4.78, 5) is 24.3. The maximum Gasteiger partial charge on any atom is 0.232 e. The van der Waals surface area contributed by atoms with Gasteiger partial charge in [0.1, 0.15) is 11.6 Å². The molecule has 1 unspecified atom stereocenters. The highest BCUT2D eigenvalue weighted by Gasteiger charge is 2.31. The number of amides is 2. The molecule has 2 amide bonds. The lowest BCUT2D eigenvalue weighted by Crippen LogP contribution is -2.31. The Morgan fingerprint density at radius 2 is 1.87 bits per heavy atom. The molecular formula is C17H14F2N2O2. The second kappa shape index (κ2) is 5.79. The molecule has 0 radical (unpaired) electrons. The minimum atomic E-state index is -0.719. The molecule has 1 aliphatic rings. The Bertz CT molecular complexity index is 805. The van der Waals surface area contributed by atoms with E-state index in [4.69, 9.17) is 0 Å². The van der Waals surface area contributed by atoms with Crippen molar-refractivity contribution in [3.63, 3.8) is 0 Å². The molecule has 23 heavy (non-hydrogen) atoms. The number of hydrogen-bond donors (Lipinski definition) is 2. The summed E-state index contributed by atoms with van der Waals surface area (Å²) in [6.07, 6.45) is -0.0231. The normalized spacial score (nSPS) is 16.5. The third-order valence-corrected chi connectivity index (χ3v) is 3.82. The molecule has 0 fully saturated rings. The molecule has 118 valence electrons. The van der Waals surface area contributed by atoms with Gasteiger partial charge in [-0.2, -0.15) is 0 Å². The first-order chi connectivity index (χ1) is 10.9. The van der Waals surface area contributed by atoms with E-state index in [0.717, 1.165) is 0 Å². The highest BCUT2D eigenvalue weighted by Crippen LogP contribution is 2.33. The monoisotopic (exact) mass is 316 g/mol. The van der Waals surface area contributed by atoms with Gasteiger partial charge in [-0.25, -0.2) is 8.78 Å². The van der Waals surface area contributed by atoms with Crippen molar-refractivity contribution in [2.45, 2.75) is 19.3 Å². The van der Waals surface area contributed by atoms with Gasteiger partial charge in [-0.15, -0.1) is 0 Å². The lowest BCUT2D eigenvalue weighted by Gasteiger charge is -2.25. The number of carbonyl (C=O) groups is 2. The lowest BCUT2D eigenvalue weighted by molar-refractivity contribution is -0.123. The molecule has 0 aromatic heterocycles. The van der Waals surface area contributed by atoms with Gasteiger partial charge < -0.3 is 10.6 Å². The Labute approximate surface area is 131 Å². The quantitative estimate of drug-likeness (QED) is 0.893. The molecule has 6 heteroatoms. The Morgan fingerprint density at radius 1 is 1.17 bits per heavy atom. The Morgan fingerprint density at radius 3 is 2.61 bits per heavy atom. The third kappa shape index (κ3) is 3.06. The summed E-state index contributed by atoms with van der Waals surface area (Å²) in [5.74, 6) is -2.33. The van der Waals surface area contributed by atoms with Gasteiger partial charge in [-0.1, -0.05) is 6.07 Å². The smallest absolute Gasteiger partial charge is 0.232 e. The fourth-order valence-corrected chi connectivity index (χ4v) is 2.66. The van der Waals surface area contributed by atoms with Crippen LogP contribution in [0, 0.1) is 18.6 Å². The van der Waals surface area contributed by atoms with E-state index in [1.807, 2.05) is 0 Å². The van der Waals surface area contributed by atoms with Crippen molar-refractivity contribution in [2.24, 2.45) is 0 Å². The van der Waals surface area contributed by atoms with Crippen molar-refractivity contribution in [2.75, 3.05) is 10.6 Å². The van der Waals surface area contributed by atoms with Crippen LogP contribution in [0.15, 0.2) is 36.4 Å². The standard InChI is InChI=1S/C17H14F2N2O2/c1-9-6-10(18)3-5-14(9)21-17(23)13-8-16(22)20-15-7-11(19)2-4-12(13)15/h2-7,13H,8H2,1H3,(H,20,22)(H,21,23). The van der Waals surface area contributed by atoms with Crippen molar-refractivity contribution in [3.8, 4) is 0 Å². The molecule has 1 heterocycles. The van der Waals surface area contributed by atoms with Gasteiger partial charge in [0, 0.05) is 17.8 Å². The fraction of sp³-hybridized carbons (Fsp3) is 0.176. The van der Waals surface area contributed by atoms with E-state index in [9.17, 15) is 18.4 Å².